The first kappa shape index (κ1) is 16.0. The van der Waals surface area contributed by atoms with Crippen molar-refractivity contribution in [3.8, 4) is 5.75 Å². The number of carbonyl (C=O) groups is 1. The lowest BCUT2D eigenvalue weighted by atomic mass is 9.98. The summed E-state index contributed by atoms with van der Waals surface area (Å²) in [4.78, 5) is 19.0. The van der Waals surface area contributed by atoms with E-state index in [-0.39, 0.29) is 11.8 Å². The molecule has 0 saturated carbocycles. The van der Waals surface area contributed by atoms with Crippen LogP contribution in [0.1, 0.15) is 17.7 Å². The van der Waals surface area contributed by atoms with E-state index in [1.165, 1.54) is 0 Å². The summed E-state index contributed by atoms with van der Waals surface area (Å²) < 4.78 is 6.21. The Balaban J connectivity index is 1.74. The van der Waals surface area contributed by atoms with Gasteiger partial charge in [-0.05, 0) is 65.5 Å². The quantitative estimate of drug-likeness (QED) is 0.817. The van der Waals surface area contributed by atoms with Gasteiger partial charge in [0.25, 0.3) is 0 Å². The fourth-order valence-corrected chi connectivity index (χ4v) is 3.14. The van der Waals surface area contributed by atoms with Gasteiger partial charge in [-0.15, -0.1) is 0 Å². The van der Waals surface area contributed by atoms with Gasteiger partial charge in [0.05, 0.1) is 12.8 Å². The number of aromatic nitrogens is 1. The molecule has 1 atom stereocenters. The van der Waals surface area contributed by atoms with E-state index in [2.05, 4.69) is 20.9 Å². The lowest BCUT2D eigenvalue weighted by molar-refractivity contribution is -0.120. The molecule has 1 aromatic heterocycles. The first-order valence-electron chi connectivity index (χ1n) is 7.66. The van der Waals surface area contributed by atoms with Crippen LogP contribution in [0.25, 0.3) is 0 Å². The summed E-state index contributed by atoms with van der Waals surface area (Å²) in [7, 11) is 1.66. The fourth-order valence-electron chi connectivity index (χ4n) is 2.92. The van der Waals surface area contributed by atoms with Crippen molar-refractivity contribution in [1.82, 2.24) is 4.98 Å². The highest BCUT2D eigenvalue weighted by Gasteiger charge is 2.33. The molecule has 1 unspecified atom stereocenters. The Morgan fingerprint density at radius 2 is 2.17 bits per heavy atom. The Morgan fingerprint density at radius 3 is 2.91 bits per heavy atom. The predicted octanol–water partition coefficient (Wildman–Crippen LogP) is 3.76. The highest BCUT2D eigenvalue weighted by Crippen LogP contribution is 2.28. The van der Waals surface area contributed by atoms with Crippen LogP contribution in [-0.4, -0.2) is 24.5 Å². The first-order valence-corrected chi connectivity index (χ1v) is 8.45. The maximum atomic E-state index is 12.7. The molecule has 0 radical (unpaired) electrons. The molecular formula is C18H19BrN2O2. The Bertz CT molecular complexity index is 733. The van der Waals surface area contributed by atoms with Crippen LogP contribution in [0.4, 0.5) is 5.82 Å². The molecule has 5 heteroatoms. The highest BCUT2D eigenvalue weighted by atomic mass is 79.9. The molecule has 23 heavy (non-hydrogen) atoms. The number of benzene rings is 1. The average Bonchev–Trinajstić information content (AvgIpc) is 2.91. The largest absolute Gasteiger partial charge is 0.497 e. The molecule has 1 aromatic carbocycles. The standard InChI is InChI=1S/C18H19BrN2O2/c1-12-16(19)6-7-17(20-12)21-9-8-14(18(21)22)10-13-4-3-5-15(11-13)23-2/h3-7,11,14H,8-10H2,1-2H3. The predicted molar refractivity (Wildman–Crippen MR) is 93.8 cm³/mol. The molecule has 0 bridgehead atoms. The smallest absolute Gasteiger partial charge is 0.231 e. The van der Waals surface area contributed by atoms with E-state index in [0.29, 0.717) is 0 Å². The average molecular weight is 375 g/mol. The molecule has 1 amide bonds. The molecule has 0 N–H and O–H groups in total. The topological polar surface area (TPSA) is 42.4 Å². The Labute approximate surface area is 144 Å². The van der Waals surface area contributed by atoms with Gasteiger partial charge >= 0.3 is 0 Å². The number of amides is 1. The zero-order valence-electron chi connectivity index (χ0n) is 13.3. The number of anilines is 1. The summed E-state index contributed by atoms with van der Waals surface area (Å²) >= 11 is 3.44. The SMILES string of the molecule is COc1cccc(CC2CCN(c3ccc(Br)c(C)n3)C2=O)c1. The van der Waals surface area contributed by atoms with E-state index in [1.807, 2.05) is 43.3 Å². The second-order valence-corrected chi connectivity index (χ2v) is 6.62. The molecule has 4 nitrogen and oxygen atoms in total. The number of methoxy groups -OCH3 is 1. The highest BCUT2D eigenvalue weighted by molar-refractivity contribution is 9.10. The van der Waals surface area contributed by atoms with E-state index in [4.69, 9.17) is 4.74 Å². The number of aryl methyl sites for hydroxylation is 1. The van der Waals surface area contributed by atoms with Gasteiger partial charge in [-0.25, -0.2) is 4.98 Å². The summed E-state index contributed by atoms with van der Waals surface area (Å²) in [6.45, 7) is 2.66. The van der Waals surface area contributed by atoms with E-state index >= 15 is 0 Å². The molecular weight excluding hydrogens is 356 g/mol. The van der Waals surface area contributed by atoms with Gasteiger partial charge in [0.2, 0.25) is 5.91 Å². The van der Waals surface area contributed by atoms with E-state index in [0.717, 1.165) is 46.7 Å². The van der Waals surface area contributed by atoms with Crippen LogP contribution in [0.2, 0.25) is 0 Å². The third-order valence-electron chi connectivity index (χ3n) is 4.22. The number of rotatable bonds is 4. The van der Waals surface area contributed by atoms with Gasteiger partial charge in [0, 0.05) is 16.9 Å². The monoisotopic (exact) mass is 374 g/mol. The van der Waals surface area contributed by atoms with Gasteiger partial charge in [0.15, 0.2) is 0 Å². The normalized spacial score (nSPS) is 17.6. The van der Waals surface area contributed by atoms with Crippen molar-refractivity contribution in [2.45, 2.75) is 19.8 Å². The zero-order chi connectivity index (χ0) is 16.4. The Kier molecular flexibility index (Phi) is 4.66. The summed E-state index contributed by atoms with van der Waals surface area (Å²) in [6, 6.07) is 11.8. The molecule has 2 aromatic rings. The molecule has 1 aliphatic heterocycles. The van der Waals surface area contributed by atoms with E-state index in [1.54, 1.807) is 12.0 Å². The first-order chi connectivity index (χ1) is 11.1. The lowest BCUT2D eigenvalue weighted by Crippen LogP contribution is -2.28. The van der Waals surface area contributed by atoms with Gasteiger partial charge in [-0.3, -0.25) is 9.69 Å². The second kappa shape index (κ2) is 6.71. The second-order valence-electron chi connectivity index (χ2n) is 5.77. The van der Waals surface area contributed by atoms with Crippen LogP contribution in [0, 0.1) is 12.8 Å². The van der Waals surface area contributed by atoms with Crippen molar-refractivity contribution in [2.75, 3.05) is 18.6 Å². The van der Waals surface area contributed by atoms with Crippen molar-refractivity contribution in [3.05, 3.63) is 52.1 Å². The molecule has 2 heterocycles. The van der Waals surface area contributed by atoms with Crippen LogP contribution in [0.3, 0.4) is 0 Å². The minimum Gasteiger partial charge on any atom is -0.497 e. The lowest BCUT2D eigenvalue weighted by Gasteiger charge is -2.16. The van der Waals surface area contributed by atoms with Gasteiger partial charge in [-0.2, -0.15) is 0 Å². The number of halogens is 1. The van der Waals surface area contributed by atoms with Gasteiger partial charge in [-0.1, -0.05) is 12.1 Å². The molecule has 1 aliphatic rings. The van der Waals surface area contributed by atoms with Crippen molar-refractivity contribution >= 4 is 27.7 Å². The van der Waals surface area contributed by atoms with Crippen LogP contribution in [0.15, 0.2) is 40.9 Å². The maximum absolute atomic E-state index is 12.7. The summed E-state index contributed by atoms with van der Waals surface area (Å²) in [5.41, 5.74) is 2.02. The Hall–Kier alpha value is -1.88. The zero-order valence-corrected chi connectivity index (χ0v) is 14.8. The maximum Gasteiger partial charge on any atom is 0.231 e. The van der Waals surface area contributed by atoms with Gasteiger partial charge in [0.1, 0.15) is 11.6 Å². The fraction of sp³-hybridized carbons (Fsp3) is 0.333. The summed E-state index contributed by atoms with van der Waals surface area (Å²) in [5.74, 6) is 1.73. The van der Waals surface area contributed by atoms with Crippen LogP contribution >= 0.6 is 15.9 Å². The van der Waals surface area contributed by atoms with Crippen LogP contribution in [0.5, 0.6) is 5.75 Å². The molecule has 1 saturated heterocycles. The molecule has 3 rings (SSSR count). The number of pyridine rings is 1. The van der Waals surface area contributed by atoms with E-state index < -0.39 is 0 Å². The number of hydrogen-bond acceptors (Lipinski definition) is 3. The number of hydrogen-bond donors (Lipinski definition) is 0. The molecule has 120 valence electrons. The Morgan fingerprint density at radius 1 is 1.35 bits per heavy atom. The minimum absolute atomic E-state index is 0.00728. The summed E-state index contributed by atoms with van der Waals surface area (Å²) in [5, 5.41) is 0. The van der Waals surface area contributed by atoms with Crippen molar-refractivity contribution in [1.29, 1.82) is 0 Å². The molecule has 1 fully saturated rings. The number of carbonyl (C=O) groups excluding carboxylic acids is 1. The van der Waals surface area contributed by atoms with Crippen molar-refractivity contribution in [2.24, 2.45) is 5.92 Å². The summed E-state index contributed by atoms with van der Waals surface area (Å²) in [6.07, 6.45) is 1.59. The number of nitrogens with zero attached hydrogens (tertiary/aromatic N) is 2. The van der Waals surface area contributed by atoms with Crippen LogP contribution < -0.4 is 9.64 Å². The molecule has 0 aliphatic carbocycles. The number of ether oxygens (including phenoxy) is 1. The molecule has 0 spiro atoms. The van der Waals surface area contributed by atoms with Crippen molar-refractivity contribution in [3.63, 3.8) is 0 Å². The third kappa shape index (κ3) is 3.39. The van der Waals surface area contributed by atoms with Crippen molar-refractivity contribution < 1.29 is 9.53 Å². The third-order valence-corrected chi connectivity index (χ3v) is 5.05. The van der Waals surface area contributed by atoms with Crippen LogP contribution in [-0.2, 0) is 11.2 Å². The van der Waals surface area contributed by atoms with Gasteiger partial charge < -0.3 is 4.74 Å². The van der Waals surface area contributed by atoms with E-state index in [9.17, 15) is 4.79 Å². The minimum atomic E-state index is 0.00728.